The van der Waals surface area contributed by atoms with Crippen LogP contribution in [0.15, 0.2) is 34.3 Å². The van der Waals surface area contributed by atoms with E-state index >= 15 is 0 Å². The molecule has 1 saturated heterocycles. The van der Waals surface area contributed by atoms with Crippen LogP contribution in [0.5, 0.6) is 0 Å². The van der Waals surface area contributed by atoms with Crippen LogP contribution in [0, 0.1) is 13.8 Å². The van der Waals surface area contributed by atoms with Crippen LogP contribution in [0.1, 0.15) is 24.2 Å². The summed E-state index contributed by atoms with van der Waals surface area (Å²) in [6.07, 6.45) is 2.19. The summed E-state index contributed by atoms with van der Waals surface area (Å²) in [5.74, 6) is -3.70. The first-order valence-electron chi connectivity index (χ1n) is 9.38. The van der Waals surface area contributed by atoms with Gasteiger partial charge in [-0.15, -0.1) is 0 Å². The van der Waals surface area contributed by atoms with E-state index in [0.717, 1.165) is 48.1 Å². The zero-order valence-corrected chi connectivity index (χ0v) is 18.2. The third kappa shape index (κ3) is 5.19. The Morgan fingerprint density at radius 1 is 1.33 bits per heavy atom. The van der Waals surface area contributed by atoms with Gasteiger partial charge in [-0.05, 0) is 51.0 Å². The normalized spacial score (nSPS) is 16.9. The molecule has 1 aromatic carbocycles. The van der Waals surface area contributed by atoms with Crippen molar-refractivity contribution < 1.29 is 26.7 Å². The maximum Gasteiger partial charge on any atom is 0.341 e. The monoisotopic (exact) mass is 459 g/mol. The third-order valence-electron chi connectivity index (χ3n) is 4.87. The predicted octanol–water partition coefficient (Wildman–Crippen LogP) is 3.41. The van der Waals surface area contributed by atoms with Crippen molar-refractivity contribution in [1.82, 2.24) is 9.55 Å². The van der Waals surface area contributed by atoms with Crippen molar-refractivity contribution in [2.24, 2.45) is 0 Å². The number of nitrogens with zero attached hydrogens (tertiary/aromatic N) is 2. The number of anilines is 1. The molecular weight excluding hydrogens is 436 g/mol. The number of hydrogen-bond donors (Lipinski definition) is 1. The van der Waals surface area contributed by atoms with Crippen LogP contribution < -0.4 is 5.32 Å². The van der Waals surface area contributed by atoms with Gasteiger partial charge < -0.3 is 14.6 Å². The molecule has 1 atom stereocenters. The molecule has 1 aliphatic rings. The average molecular weight is 460 g/mol. The first-order chi connectivity index (χ1) is 14.2. The van der Waals surface area contributed by atoms with E-state index in [1.165, 1.54) is 23.9 Å². The molecule has 164 valence electrons. The molecule has 0 saturated carbocycles. The van der Waals surface area contributed by atoms with E-state index in [-0.39, 0.29) is 17.8 Å². The Bertz CT molecular complexity index is 1000. The number of sulfone groups is 1. The maximum atomic E-state index is 12.6. The van der Waals surface area contributed by atoms with Crippen LogP contribution in [0.25, 0.3) is 0 Å². The van der Waals surface area contributed by atoms with Crippen molar-refractivity contribution in [1.29, 1.82) is 0 Å². The summed E-state index contributed by atoms with van der Waals surface area (Å²) in [7, 11) is -4.66. The number of carbonyl (C=O) groups excluding carboxylic acids is 1. The zero-order chi connectivity index (χ0) is 21.9. The van der Waals surface area contributed by atoms with E-state index < -0.39 is 20.5 Å². The highest BCUT2D eigenvalue weighted by atomic mass is 32.2. The molecule has 30 heavy (non-hydrogen) atoms. The third-order valence-corrected chi connectivity index (χ3v) is 7.24. The summed E-state index contributed by atoms with van der Waals surface area (Å²) in [6, 6.07) is 4.66. The lowest BCUT2D eigenvalue weighted by Gasteiger charge is -2.14. The lowest BCUT2D eigenvalue weighted by molar-refractivity contribution is -0.113. The first-order valence-corrected chi connectivity index (χ1v) is 11.9. The highest BCUT2D eigenvalue weighted by molar-refractivity contribution is 7.99. The standard InChI is InChI=1S/C19H23F2N3O4S2/c1-12-13(2)24(10-15-4-3-9-28-15)19(22-12)29-11-17(25)23-14-5-7-16(8-6-14)30(26,27)18(20)21/h5-8,15,18H,3-4,9-11H2,1-2H3,(H,23,25). The second kappa shape index (κ2) is 9.44. The topological polar surface area (TPSA) is 90.3 Å². The molecule has 11 heteroatoms. The predicted molar refractivity (Wildman–Crippen MR) is 110 cm³/mol. The summed E-state index contributed by atoms with van der Waals surface area (Å²) < 4.78 is 55.8. The molecule has 2 aromatic rings. The van der Waals surface area contributed by atoms with Crippen molar-refractivity contribution in [3.63, 3.8) is 0 Å². The second-order valence-corrected chi connectivity index (χ2v) is 9.84. The minimum Gasteiger partial charge on any atom is -0.376 e. The number of nitrogens with one attached hydrogen (secondary N) is 1. The minimum atomic E-state index is -4.66. The molecule has 0 radical (unpaired) electrons. The minimum absolute atomic E-state index is 0.0957. The van der Waals surface area contributed by atoms with Gasteiger partial charge >= 0.3 is 5.76 Å². The van der Waals surface area contributed by atoms with Crippen molar-refractivity contribution in [2.45, 2.75) is 55.1 Å². The van der Waals surface area contributed by atoms with Crippen molar-refractivity contribution in [3.05, 3.63) is 35.7 Å². The Morgan fingerprint density at radius 2 is 2.03 bits per heavy atom. The van der Waals surface area contributed by atoms with Crippen molar-refractivity contribution in [3.8, 4) is 0 Å². The van der Waals surface area contributed by atoms with Gasteiger partial charge in [0, 0.05) is 18.0 Å². The van der Waals surface area contributed by atoms with E-state index in [4.69, 9.17) is 4.74 Å². The Kier molecular flexibility index (Phi) is 7.14. The second-order valence-electron chi connectivity index (χ2n) is 6.98. The van der Waals surface area contributed by atoms with Gasteiger partial charge in [0.05, 0.1) is 29.0 Å². The largest absolute Gasteiger partial charge is 0.376 e. The number of ether oxygens (including phenoxy) is 1. The summed E-state index contributed by atoms with van der Waals surface area (Å²) in [5, 5.41) is 3.36. The van der Waals surface area contributed by atoms with E-state index in [2.05, 4.69) is 14.9 Å². The molecule has 1 amide bonds. The zero-order valence-electron chi connectivity index (χ0n) is 16.6. The van der Waals surface area contributed by atoms with Crippen molar-refractivity contribution in [2.75, 3.05) is 17.7 Å². The Morgan fingerprint density at radius 3 is 2.63 bits per heavy atom. The van der Waals surface area contributed by atoms with Crippen LogP contribution >= 0.6 is 11.8 Å². The fourth-order valence-electron chi connectivity index (χ4n) is 3.10. The molecule has 1 aromatic heterocycles. The van der Waals surface area contributed by atoms with Crippen LogP contribution in [0.3, 0.4) is 0 Å². The number of benzene rings is 1. The van der Waals surface area contributed by atoms with Crippen molar-refractivity contribution >= 4 is 33.2 Å². The summed E-state index contributed by atoms with van der Waals surface area (Å²) in [6.45, 7) is 5.35. The van der Waals surface area contributed by atoms with Gasteiger partial charge in [0.25, 0.3) is 0 Å². The lowest BCUT2D eigenvalue weighted by Crippen LogP contribution is -2.18. The van der Waals surface area contributed by atoms with Crippen LogP contribution in [-0.4, -0.2) is 48.1 Å². The van der Waals surface area contributed by atoms with Crippen LogP contribution in [0.4, 0.5) is 14.5 Å². The highest BCUT2D eigenvalue weighted by Crippen LogP contribution is 2.25. The molecule has 0 bridgehead atoms. The number of thioether (sulfide) groups is 1. The number of alkyl halides is 2. The smallest absolute Gasteiger partial charge is 0.341 e. The maximum absolute atomic E-state index is 12.6. The molecule has 0 spiro atoms. The Hall–Kier alpha value is -1.98. The van der Waals surface area contributed by atoms with Gasteiger partial charge in [0.1, 0.15) is 0 Å². The summed E-state index contributed by atoms with van der Waals surface area (Å²) in [4.78, 5) is 16.3. The first kappa shape index (κ1) is 22.7. The van der Waals surface area contributed by atoms with Gasteiger partial charge in [0.2, 0.25) is 15.7 Å². The molecule has 1 unspecified atom stereocenters. The van der Waals surface area contributed by atoms with E-state index in [1.807, 2.05) is 13.8 Å². The van der Waals surface area contributed by atoms with E-state index in [0.29, 0.717) is 12.2 Å². The van der Waals surface area contributed by atoms with E-state index in [1.54, 1.807) is 0 Å². The fourth-order valence-corrected chi connectivity index (χ4v) is 4.72. The highest BCUT2D eigenvalue weighted by Gasteiger charge is 2.26. The molecular formula is C19H23F2N3O4S2. The van der Waals surface area contributed by atoms with Gasteiger partial charge in [-0.25, -0.2) is 13.4 Å². The Labute approximate surface area is 178 Å². The SMILES string of the molecule is Cc1nc(SCC(=O)Nc2ccc(S(=O)(=O)C(F)F)cc2)n(CC2CCCO2)c1C. The quantitative estimate of drug-likeness (QED) is 0.609. The van der Waals surface area contributed by atoms with Gasteiger partial charge in [-0.2, -0.15) is 8.78 Å². The summed E-state index contributed by atoms with van der Waals surface area (Å²) >= 11 is 1.29. The Balaban J connectivity index is 1.60. The number of amides is 1. The average Bonchev–Trinajstić information content (AvgIpc) is 3.31. The van der Waals surface area contributed by atoms with Crippen LogP contribution in [0.2, 0.25) is 0 Å². The molecule has 1 aliphatic heterocycles. The number of carbonyl (C=O) groups is 1. The fraction of sp³-hybridized carbons (Fsp3) is 0.474. The lowest BCUT2D eigenvalue weighted by atomic mass is 10.2. The molecule has 1 N–H and O–H groups in total. The molecule has 7 nitrogen and oxygen atoms in total. The van der Waals surface area contributed by atoms with Crippen LogP contribution in [-0.2, 0) is 25.9 Å². The number of aromatic nitrogens is 2. The molecule has 3 rings (SSSR count). The van der Waals surface area contributed by atoms with Gasteiger partial charge in [-0.1, -0.05) is 11.8 Å². The molecule has 1 fully saturated rings. The van der Waals surface area contributed by atoms with Gasteiger partial charge in [0.15, 0.2) is 5.16 Å². The number of hydrogen-bond acceptors (Lipinski definition) is 6. The number of halogens is 2. The molecule has 0 aliphatic carbocycles. The van der Waals surface area contributed by atoms with Gasteiger partial charge in [-0.3, -0.25) is 4.79 Å². The number of aryl methyl sites for hydroxylation is 1. The molecule has 2 heterocycles. The van der Waals surface area contributed by atoms with E-state index in [9.17, 15) is 22.0 Å². The number of imidazole rings is 1. The summed E-state index contributed by atoms with van der Waals surface area (Å²) in [5.41, 5.74) is 2.25. The number of rotatable bonds is 8.